The van der Waals surface area contributed by atoms with Gasteiger partial charge in [-0.1, -0.05) is 29.8 Å². The molecule has 1 aromatic carbocycles. The molecule has 0 saturated heterocycles. The predicted octanol–water partition coefficient (Wildman–Crippen LogP) is 3.79. The van der Waals surface area contributed by atoms with E-state index in [0.717, 1.165) is 19.1 Å². The second-order valence-electron chi connectivity index (χ2n) is 8.05. The highest BCUT2D eigenvalue weighted by atomic mass is 35.5. The number of thiophene rings is 1. The summed E-state index contributed by atoms with van der Waals surface area (Å²) in [6.07, 6.45) is -0.655. The summed E-state index contributed by atoms with van der Waals surface area (Å²) < 4.78 is 71.7. The largest absolute Gasteiger partial charge is 0.399 e. The minimum Gasteiger partial charge on any atom is -0.325 e. The zero-order valence-electron chi connectivity index (χ0n) is 18.6. The zero-order chi connectivity index (χ0) is 27.2. The van der Waals surface area contributed by atoms with Crippen molar-refractivity contribution < 1.29 is 31.2 Å². The van der Waals surface area contributed by atoms with Crippen LogP contribution in [0, 0.1) is 16.9 Å². The number of fused-ring (bicyclic) bond motifs is 1. The number of amides is 2. The molecule has 37 heavy (non-hydrogen) atoms. The van der Waals surface area contributed by atoms with Crippen molar-refractivity contribution in [3.05, 3.63) is 75.8 Å². The highest BCUT2D eigenvalue weighted by molar-refractivity contribution is 7.92. The molecule has 2 heterocycles. The number of alkyl halides is 3. The highest BCUT2D eigenvalue weighted by Crippen LogP contribution is 2.48. The summed E-state index contributed by atoms with van der Waals surface area (Å²) in [6, 6.07) is 6.46. The van der Waals surface area contributed by atoms with E-state index in [-0.39, 0.29) is 25.4 Å². The van der Waals surface area contributed by atoms with Crippen molar-refractivity contribution in [2.75, 3.05) is 0 Å². The van der Waals surface area contributed by atoms with E-state index in [1.807, 2.05) is 5.32 Å². The van der Waals surface area contributed by atoms with Gasteiger partial charge in [0.05, 0.1) is 21.5 Å². The lowest BCUT2D eigenvalue weighted by atomic mass is 9.76. The first kappa shape index (κ1) is 26.4. The van der Waals surface area contributed by atoms with Crippen LogP contribution in [0.2, 0.25) is 4.34 Å². The standard InChI is InChI=1S/C22H15ClF3N5O4S2/c1-21(22(24,25)26)10-12(29-20(28-11-27)30-37(34,35)17-9-8-16(23)36-17)6-7-15(21)31-18(32)13-4-2-3-5-14(13)19(31)33/h2-10,15H,1H3,(H2,28,29,30). The Morgan fingerprint density at radius 3 is 2.32 bits per heavy atom. The number of nitriles is 1. The molecule has 1 aliphatic heterocycles. The monoisotopic (exact) mass is 569 g/mol. The van der Waals surface area contributed by atoms with E-state index in [4.69, 9.17) is 16.9 Å². The average Bonchev–Trinajstić information content (AvgIpc) is 3.36. The lowest BCUT2D eigenvalue weighted by Gasteiger charge is -2.41. The first-order valence-corrected chi connectivity index (χ1v) is 12.9. The van der Waals surface area contributed by atoms with Gasteiger partial charge in [-0.2, -0.15) is 26.9 Å². The third-order valence-corrected chi connectivity index (χ3v) is 8.67. The molecule has 0 fully saturated rings. The second-order valence-corrected chi connectivity index (χ2v) is 11.6. The summed E-state index contributed by atoms with van der Waals surface area (Å²) in [5.41, 5.74) is -3.08. The van der Waals surface area contributed by atoms with Gasteiger partial charge in [0.25, 0.3) is 21.8 Å². The predicted molar refractivity (Wildman–Crippen MR) is 128 cm³/mol. The summed E-state index contributed by atoms with van der Waals surface area (Å²) >= 11 is 6.46. The number of benzene rings is 1. The fourth-order valence-electron chi connectivity index (χ4n) is 3.86. The third-order valence-electron chi connectivity index (χ3n) is 5.69. The van der Waals surface area contributed by atoms with Gasteiger partial charge in [0, 0.05) is 5.70 Å². The summed E-state index contributed by atoms with van der Waals surface area (Å²) in [7, 11) is -4.36. The topological polar surface area (TPSA) is 132 Å². The Bertz CT molecular complexity index is 1510. The Hall–Kier alpha value is -3.67. The maximum atomic E-state index is 14.4. The summed E-state index contributed by atoms with van der Waals surface area (Å²) in [4.78, 5) is 26.3. The van der Waals surface area contributed by atoms with Gasteiger partial charge < -0.3 is 5.32 Å². The number of nitrogens with one attached hydrogen (secondary N) is 2. The normalized spacial score (nSPS) is 21.9. The minimum absolute atomic E-state index is 0.00940. The maximum absolute atomic E-state index is 14.4. The molecule has 9 nitrogen and oxygen atoms in total. The van der Waals surface area contributed by atoms with Crippen molar-refractivity contribution >= 4 is 50.7 Å². The van der Waals surface area contributed by atoms with Gasteiger partial charge in [-0.15, -0.1) is 15.7 Å². The smallest absolute Gasteiger partial charge is 0.325 e. The molecular formula is C22H15ClF3N5O4S2. The number of carbonyl (C=O) groups excluding carboxylic acids is 2. The summed E-state index contributed by atoms with van der Waals surface area (Å²) in [5.74, 6) is -2.42. The van der Waals surface area contributed by atoms with E-state index in [1.54, 1.807) is 0 Å². The molecule has 2 aliphatic rings. The van der Waals surface area contributed by atoms with Gasteiger partial charge in [0.2, 0.25) is 5.96 Å². The first-order chi connectivity index (χ1) is 17.3. The van der Waals surface area contributed by atoms with E-state index in [2.05, 4.69) is 9.71 Å². The van der Waals surface area contributed by atoms with Crippen molar-refractivity contribution in [1.82, 2.24) is 15.5 Å². The lowest BCUT2D eigenvalue weighted by Crippen LogP contribution is -2.55. The van der Waals surface area contributed by atoms with E-state index < -0.39 is 45.4 Å². The van der Waals surface area contributed by atoms with E-state index in [0.29, 0.717) is 22.3 Å². The van der Waals surface area contributed by atoms with Crippen molar-refractivity contribution in [2.45, 2.75) is 23.4 Å². The zero-order valence-corrected chi connectivity index (χ0v) is 21.0. The molecule has 2 aromatic rings. The third kappa shape index (κ3) is 4.73. The van der Waals surface area contributed by atoms with Crippen LogP contribution in [0.15, 0.2) is 68.9 Å². The molecular weight excluding hydrogens is 555 g/mol. The fraction of sp³-hybridized carbons (Fsp3) is 0.182. The van der Waals surface area contributed by atoms with Gasteiger partial charge in [-0.25, -0.2) is 0 Å². The molecule has 0 spiro atoms. The van der Waals surface area contributed by atoms with Crippen molar-refractivity contribution in [1.29, 1.82) is 5.26 Å². The van der Waals surface area contributed by atoms with E-state index in [9.17, 15) is 31.2 Å². The van der Waals surface area contributed by atoms with Crippen LogP contribution in [0.4, 0.5) is 13.2 Å². The van der Waals surface area contributed by atoms with Gasteiger partial charge in [0.1, 0.15) is 9.62 Å². The summed E-state index contributed by atoms with van der Waals surface area (Å²) in [5, 5.41) is 13.4. The Morgan fingerprint density at radius 2 is 1.81 bits per heavy atom. The Kier molecular flexibility index (Phi) is 6.65. The van der Waals surface area contributed by atoms with Crippen molar-refractivity contribution in [2.24, 2.45) is 9.81 Å². The van der Waals surface area contributed by atoms with Crippen LogP contribution < -0.4 is 10.6 Å². The number of nitrogens with zero attached hydrogens (tertiary/aromatic N) is 3. The Labute approximate surface area is 217 Å². The van der Waals surface area contributed by atoms with Crippen LogP contribution in [0.3, 0.4) is 0 Å². The van der Waals surface area contributed by atoms with Gasteiger partial charge in [-0.05, 0) is 43.3 Å². The van der Waals surface area contributed by atoms with Crippen molar-refractivity contribution in [3.63, 3.8) is 0 Å². The van der Waals surface area contributed by atoms with Crippen LogP contribution in [0.25, 0.3) is 0 Å². The van der Waals surface area contributed by atoms with Gasteiger partial charge in [-0.3, -0.25) is 19.8 Å². The van der Waals surface area contributed by atoms with Crippen LogP contribution in [0.1, 0.15) is 27.6 Å². The number of guanidine groups is 1. The number of hydrogen-bond donors (Lipinski definition) is 2. The molecule has 4 rings (SSSR count). The van der Waals surface area contributed by atoms with Gasteiger partial charge in [0.15, 0.2) is 6.19 Å². The number of imide groups is 1. The van der Waals surface area contributed by atoms with Crippen molar-refractivity contribution in [3.8, 4) is 6.19 Å². The number of halogens is 4. The number of sulfonamides is 1. The van der Waals surface area contributed by atoms with Crippen LogP contribution >= 0.6 is 22.9 Å². The molecule has 0 bridgehead atoms. The molecule has 0 radical (unpaired) electrons. The molecule has 2 N–H and O–H groups in total. The number of carbonyl (C=O) groups is 2. The minimum atomic E-state index is -4.95. The SMILES string of the molecule is CC1(C(F)(F)F)C=C(N/C(=N\S(=O)(=O)c2ccc(Cl)s2)NC#N)C=CC1N1C(=O)c2ccccc2C1=O. The lowest BCUT2D eigenvalue weighted by molar-refractivity contribution is -0.210. The molecule has 2 atom stereocenters. The number of hydrogen-bond acceptors (Lipinski definition) is 6. The van der Waals surface area contributed by atoms with Gasteiger partial charge >= 0.3 is 6.18 Å². The molecule has 1 aromatic heterocycles. The molecule has 2 unspecified atom stereocenters. The quantitative estimate of drug-likeness (QED) is 0.188. The highest BCUT2D eigenvalue weighted by Gasteiger charge is 2.59. The molecule has 2 amide bonds. The molecule has 1 aliphatic carbocycles. The van der Waals surface area contributed by atoms with E-state index in [1.165, 1.54) is 42.6 Å². The first-order valence-electron chi connectivity index (χ1n) is 10.3. The number of allylic oxidation sites excluding steroid dienone is 1. The number of rotatable bonds is 4. The fourth-order valence-corrected chi connectivity index (χ4v) is 6.24. The Balaban J connectivity index is 1.70. The molecule has 192 valence electrons. The maximum Gasteiger partial charge on any atom is 0.399 e. The van der Waals surface area contributed by atoms with Crippen LogP contribution in [-0.4, -0.2) is 43.3 Å². The average molecular weight is 570 g/mol. The second kappa shape index (κ2) is 9.33. The molecule has 0 saturated carbocycles. The van der Waals surface area contributed by atoms with E-state index >= 15 is 0 Å². The van der Waals surface area contributed by atoms with Crippen LogP contribution in [-0.2, 0) is 10.0 Å². The summed E-state index contributed by atoms with van der Waals surface area (Å²) in [6.45, 7) is 0.797. The molecule has 15 heteroatoms. The Morgan fingerprint density at radius 1 is 1.19 bits per heavy atom. The van der Waals surface area contributed by atoms with Crippen LogP contribution in [0.5, 0.6) is 0 Å².